The molecule has 0 radical (unpaired) electrons. The molecule has 0 aliphatic carbocycles. The van der Waals surface area contributed by atoms with E-state index in [0.717, 1.165) is 18.5 Å². The number of ether oxygens (including phenoxy) is 3. The quantitative estimate of drug-likeness (QED) is 0.0668. The van der Waals surface area contributed by atoms with Crippen LogP contribution >= 0.6 is 0 Å². The number of carbonyl (C=O) groups is 3. The van der Waals surface area contributed by atoms with E-state index in [4.69, 9.17) is 46.7 Å². The van der Waals surface area contributed by atoms with Crippen LogP contribution in [-0.2, 0) is 68.0 Å². The highest BCUT2D eigenvalue weighted by atomic mass is 18.2. The minimum Gasteiger partial charge on any atom is -0.480 e. The van der Waals surface area contributed by atoms with Crippen molar-refractivity contribution in [1.29, 1.82) is 0 Å². The normalized spacial score (nSPS) is 12.3. The third-order valence-corrected chi connectivity index (χ3v) is 6.33. The lowest BCUT2D eigenvalue weighted by atomic mass is 10.2. The van der Waals surface area contributed by atoms with Crippen LogP contribution in [0.2, 0.25) is 0 Å². The second-order valence-corrected chi connectivity index (χ2v) is 11.0. The van der Waals surface area contributed by atoms with Crippen molar-refractivity contribution in [2.24, 2.45) is 17.2 Å². The topological polar surface area (TPSA) is 310 Å². The Kier molecular flexibility index (Phi) is 25.7. The number of nitrogens with zero attached hydrogens (tertiary/aromatic N) is 9. The van der Waals surface area contributed by atoms with Gasteiger partial charge < -0.3 is 46.7 Å². The van der Waals surface area contributed by atoms with Crippen molar-refractivity contribution in [3.8, 4) is 0 Å². The van der Waals surface area contributed by atoms with Crippen LogP contribution in [0.15, 0.2) is 18.6 Å². The molecule has 0 aliphatic heterocycles. The first-order valence-electron chi connectivity index (χ1n) is 16.3. The summed E-state index contributed by atoms with van der Waals surface area (Å²) in [4.78, 5) is 31.5. The van der Waals surface area contributed by atoms with Gasteiger partial charge in [0, 0.05) is 26.3 Å². The van der Waals surface area contributed by atoms with Crippen LogP contribution in [0, 0.1) is 0 Å². The van der Waals surface area contributed by atoms with Crippen LogP contribution in [0.3, 0.4) is 0 Å². The highest BCUT2D eigenvalue weighted by Crippen LogP contribution is 2.02. The fourth-order valence-electron chi connectivity index (χ4n) is 3.67. The lowest BCUT2D eigenvalue weighted by Crippen LogP contribution is -2.34. The van der Waals surface area contributed by atoms with Crippen LogP contribution in [0.4, 0.5) is 4.39 Å². The molecule has 52 heavy (non-hydrogen) atoms. The van der Waals surface area contributed by atoms with Crippen LogP contribution < -0.4 is 17.2 Å². The van der Waals surface area contributed by atoms with E-state index in [0.29, 0.717) is 63.7 Å². The van der Waals surface area contributed by atoms with E-state index in [1.54, 1.807) is 17.1 Å². The van der Waals surface area contributed by atoms with Crippen LogP contribution in [0.1, 0.15) is 70.5 Å². The molecule has 22 heteroatoms. The third kappa shape index (κ3) is 21.7. The van der Waals surface area contributed by atoms with Crippen molar-refractivity contribution in [3.05, 3.63) is 35.7 Å². The molecule has 0 bridgehead atoms. The summed E-state index contributed by atoms with van der Waals surface area (Å²) in [5.74, 6) is -3.07. The van der Waals surface area contributed by atoms with Crippen molar-refractivity contribution >= 4 is 17.9 Å². The number of aryl methyl sites for hydroxylation is 2. The van der Waals surface area contributed by atoms with Gasteiger partial charge in [-0.05, 0) is 32.1 Å². The van der Waals surface area contributed by atoms with Crippen LogP contribution in [-0.4, -0.2) is 123 Å². The van der Waals surface area contributed by atoms with Gasteiger partial charge >= 0.3 is 17.9 Å². The molecule has 0 spiro atoms. The molecule has 3 aromatic rings. The minimum absolute atomic E-state index is 0. The van der Waals surface area contributed by atoms with Crippen molar-refractivity contribution in [1.82, 2.24) is 45.0 Å². The predicted octanol–water partition coefficient (Wildman–Crippen LogP) is 0.216. The maximum Gasteiger partial charge on any atom is 0.322 e. The smallest absolute Gasteiger partial charge is 0.322 e. The second-order valence-electron chi connectivity index (χ2n) is 11.0. The lowest BCUT2D eigenvalue weighted by Gasteiger charge is -2.05. The molecule has 3 aromatic heterocycles. The average Bonchev–Trinajstić information content (AvgIpc) is 3.86. The van der Waals surface area contributed by atoms with Crippen LogP contribution in [0.25, 0.3) is 0 Å². The Morgan fingerprint density at radius 3 is 1.52 bits per heavy atom. The molecule has 3 heterocycles. The van der Waals surface area contributed by atoms with E-state index in [-0.39, 0.29) is 33.6 Å². The van der Waals surface area contributed by atoms with Gasteiger partial charge in [-0.25, -0.2) is 4.39 Å². The van der Waals surface area contributed by atoms with Gasteiger partial charge in [0.05, 0.1) is 51.6 Å². The molecule has 296 valence electrons. The second kappa shape index (κ2) is 28.1. The Morgan fingerprint density at radius 2 is 1.08 bits per heavy atom. The number of carboxylic acid groups (broad SMARTS) is 3. The number of aliphatic carboxylic acids is 3. The molecule has 0 saturated heterocycles. The number of nitrogens with two attached hydrogens (primary N) is 3. The monoisotopic (exact) mass is 745 g/mol. The maximum atomic E-state index is 11.8. The molecule has 0 aliphatic rings. The molecule has 21 nitrogen and oxygen atoms in total. The van der Waals surface area contributed by atoms with Gasteiger partial charge in [0.25, 0.3) is 0 Å². The zero-order chi connectivity index (χ0) is 38.0. The predicted molar refractivity (Wildman–Crippen MR) is 183 cm³/mol. The summed E-state index contributed by atoms with van der Waals surface area (Å²) in [6.07, 6.45) is 8.33. The van der Waals surface area contributed by atoms with E-state index >= 15 is 0 Å². The number of halogens is 1. The highest BCUT2D eigenvalue weighted by Gasteiger charge is 2.14. The number of carboxylic acids is 3. The Labute approximate surface area is 301 Å². The fraction of sp³-hybridized carbons (Fsp3) is 0.700. The van der Waals surface area contributed by atoms with Gasteiger partial charge in [0.1, 0.15) is 41.9 Å². The summed E-state index contributed by atoms with van der Waals surface area (Å²) in [6, 6.07) is -2.68. The van der Waals surface area contributed by atoms with Crippen molar-refractivity contribution in [2.45, 2.75) is 111 Å². The molecule has 0 saturated carbocycles. The summed E-state index contributed by atoms with van der Waals surface area (Å²) in [7, 11) is 0. The number of hydrogen-bond acceptors (Lipinski definition) is 15. The third-order valence-electron chi connectivity index (χ3n) is 6.33. The molecular weight excluding hydrogens is 690 g/mol. The van der Waals surface area contributed by atoms with Gasteiger partial charge in [0.2, 0.25) is 0 Å². The Morgan fingerprint density at radius 1 is 0.673 bits per heavy atom. The fourth-order valence-corrected chi connectivity index (χ4v) is 3.67. The van der Waals surface area contributed by atoms with Crippen LogP contribution in [0.5, 0.6) is 0 Å². The highest BCUT2D eigenvalue weighted by molar-refractivity contribution is 5.73. The molecule has 3 unspecified atom stereocenters. The molecule has 3 rings (SSSR count). The number of hydrogen-bond donors (Lipinski definition) is 6. The SMILES string of the molecule is C.CCCOCc1cn(CC(N)C(=O)O)nn1.CCCOCc1cn(CCCC(N)C(=O)O)nn1.NC(CCn1cc(COCC[18F])nn1)C(=O)O. The molecule has 0 fully saturated rings. The average molecular weight is 746 g/mol. The first kappa shape index (κ1) is 47.5. The van der Waals surface area contributed by atoms with E-state index in [1.807, 2.05) is 20.0 Å². The number of alkyl halides is 1. The largest absolute Gasteiger partial charge is 0.480 e. The first-order valence-corrected chi connectivity index (χ1v) is 16.3. The Bertz CT molecular complexity index is 1390. The molecule has 0 amide bonds. The molecule has 9 N–H and O–H groups in total. The van der Waals surface area contributed by atoms with Gasteiger partial charge in [-0.2, -0.15) is 0 Å². The zero-order valence-corrected chi connectivity index (χ0v) is 29.0. The number of aromatic nitrogens is 9. The van der Waals surface area contributed by atoms with E-state index < -0.39 is 42.7 Å². The zero-order valence-electron chi connectivity index (χ0n) is 29.0. The van der Waals surface area contributed by atoms with Gasteiger partial charge in [-0.15, -0.1) is 15.3 Å². The summed E-state index contributed by atoms with van der Waals surface area (Å²) in [5.41, 5.74) is 18.1. The summed E-state index contributed by atoms with van der Waals surface area (Å²) >= 11 is 0. The first-order chi connectivity index (χ1) is 24.4. The summed E-state index contributed by atoms with van der Waals surface area (Å²) < 4.78 is 31.9. The van der Waals surface area contributed by atoms with Gasteiger partial charge in [-0.1, -0.05) is 36.9 Å². The molecular formula is C30H55FN12O9. The minimum atomic E-state index is -1.06. The summed E-state index contributed by atoms with van der Waals surface area (Å²) in [6.45, 7) is 7.04. The molecule has 0 aromatic carbocycles. The molecule has 3 atom stereocenters. The Hall–Kier alpha value is -4.48. The van der Waals surface area contributed by atoms with Crippen molar-refractivity contribution in [2.75, 3.05) is 26.5 Å². The number of rotatable bonds is 24. The van der Waals surface area contributed by atoms with Gasteiger partial charge in [0.15, 0.2) is 0 Å². The Balaban J connectivity index is 0.000000744. The van der Waals surface area contributed by atoms with Crippen molar-refractivity contribution in [3.63, 3.8) is 0 Å². The standard InChI is InChI=1S/C11H20N4O3.C9H15FN4O3.C9H16N4O3.CH4/c1-2-6-18-8-9-7-15(14-13-9)5-3-4-10(12)11(16)17;10-2-4-17-6-7-5-14(13-12-7)3-1-8(11)9(15)16;1-2-3-16-6-7-4-13(12-11-7)5-8(10)9(14)15;/h7,10H,2-6,8,12H2,1H3,(H,16,17);5,8H,1-4,6,11H2,(H,15,16);4,8H,2-3,5-6,10H2,1H3,(H,14,15);1H4/i;10-1;;. The van der Waals surface area contributed by atoms with E-state index in [9.17, 15) is 18.8 Å². The van der Waals surface area contributed by atoms with E-state index in [1.165, 1.54) is 9.36 Å². The maximum absolute atomic E-state index is 11.8. The van der Waals surface area contributed by atoms with E-state index in [2.05, 4.69) is 30.9 Å². The van der Waals surface area contributed by atoms with Gasteiger partial charge in [-0.3, -0.25) is 28.4 Å². The lowest BCUT2D eigenvalue weighted by molar-refractivity contribution is -0.139. The van der Waals surface area contributed by atoms with Crippen molar-refractivity contribution < 1.29 is 48.3 Å². The summed E-state index contributed by atoms with van der Waals surface area (Å²) in [5, 5.41) is 48.9.